The Kier molecular flexibility index (Phi) is 3.40. The van der Waals surface area contributed by atoms with Gasteiger partial charge < -0.3 is 5.32 Å². The molecule has 0 aliphatic heterocycles. The van der Waals surface area contributed by atoms with Gasteiger partial charge in [-0.2, -0.15) is 5.10 Å². The third-order valence-electron chi connectivity index (χ3n) is 2.05. The van der Waals surface area contributed by atoms with Crippen molar-refractivity contribution in [3.05, 3.63) is 32.6 Å². The lowest BCUT2D eigenvalue weighted by Crippen LogP contribution is -2.10. The highest BCUT2D eigenvalue weighted by Gasteiger charge is 2.10. The van der Waals surface area contributed by atoms with Crippen LogP contribution in [0.3, 0.4) is 0 Å². The molecular formula is C10H10BrN3OS. The lowest BCUT2D eigenvalue weighted by atomic mass is 10.3. The van der Waals surface area contributed by atoms with Crippen molar-refractivity contribution < 1.29 is 4.79 Å². The number of carbonyl (C=O) groups is 1. The van der Waals surface area contributed by atoms with Gasteiger partial charge in [0.15, 0.2) is 5.82 Å². The van der Waals surface area contributed by atoms with E-state index in [2.05, 4.69) is 31.4 Å². The molecule has 0 unspecified atom stereocenters. The lowest BCUT2D eigenvalue weighted by Gasteiger charge is -1.97. The smallest absolute Gasteiger partial charge is 0.266 e. The highest BCUT2D eigenvalue weighted by Crippen LogP contribution is 2.22. The van der Waals surface area contributed by atoms with Gasteiger partial charge in [0.2, 0.25) is 0 Å². The minimum absolute atomic E-state index is 0.134. The Morgan fingerprint density at radius 3 is 3.00 bits per heavy atom. The second-order valence-corrected chi connectivity index (χ2v) is 5.65. The van der Waals surface area contributed by atoms with Crippen LogP contribution in [0.4, 0.5) is 5.82 Å². The zero-order chi connectivity index (χ0) is 11.5. The van der Waals surface area contributed by atoms with Crippen molar-refractivity contribution in [1.29, 1.82) is 0 Å². The molecular weight excluding hydrogens is 290 g/mol. The van der Waals surface area contributed by atoms with Crippen LogP contribution in [0.25, 0.3) is 0 Å². The number of H-pyrrole nitrogens is 1. The average Bonchev–Trinajstić information content (AvgIpc) is 2.87. The van der Waals surface area contributed by atoms with Gasteiger partial charge >= 0.3 is 0 Å². The highest BCUT2D eigenvalue weighted by atomic mass is 79.9. The summed E-state index contributed by atoms with van der Waals surface area (Å²) in [6, 6.07) is 5.46. The number of nitrogens with zero attached hydrogens (tertiary/aromatic N) is 1. The van der Waals surface area contributed by atoms with E-state index in [4.69, 9.17) is 0 Å². The molecule has 1 amide bonds. The summed E-state index contributed by atoms with van der Waals surface area (Å²) in [5.41, 5.74) is 1.00. The molecule has 0 aliphatic carbocycles. The first-order chi connectivity index (χ1) is 7.69. The Hall–Kier alpha value is -1.14. The summed E-state index contributed by atoms with van der Waals surface area (Å²) in [4.78, 5) is 12.4. The number of amides is 1. The molecule has 0 atom stereocenters. The van der Waals surface area contributed by atoms with Crippen LogP contribution in [0.2, 0.25) is 0 Å². The predicted molar refractivity (Wildman–Crippen MR) is 67.9 cm³/mol. The fourth-order valence-corrected chi connectivity index (χ4v) is 2.50. The Morgan fingerprint density at radius 1 is 1.62 bits per heavy atom. The maximum atomic E-state index is 11.7. The van der Waals surface area contributed by atoms with E-state index in [0.717, 1.165) is 15.9 Å². The summed E-state index contributed by atoms with van der Waals surface area (Å²) in [7, 11) is 0. The Labute approximate surface area is 105 Å². The zero-order valence-electron chi connectivity index (χ0n) is 8.58. The van der Waals surface area contributed by atoms with Gasteiger partial charge in [0.05, 0.1) is 8.66 Å². The number of aromatic amines is 1. The Balaban J connectivity index is 2.07. The van der Waals surface area contributed by atoms with Gasteiger partial charge in [0, 0.05) is 11.8 Å². The van der Waals surface area contributed by atoms with Crippen molar-refractivity contribution in [3.8, 4) is 0 Å². The van der Waals surface area contributed by atoms with E-state index in [1.807, 2.05) is 19.1 Å². The van der Waals surface area contributed by atoms with Crippen molar-refractivity contribution in [2.45, 2.75) is 13.3 Å². The first-order valence-corrected chi connectivity index (χ1v) is 6.41. The maximum Gasteiger partial charge on any atom is 0.266 e. The number of rotatable bonds is 3. The molecule has 0 aliphatic rings. The number of aryl methyl sites for hydroxylation is 1. The van der Waals surface area contributed by atoms with Crippen LogP contribution in [0.5, 0.6) is 0 Å². The molecule has 0 saturated heterocycles. The molecule has 0 fully saturated rings. The van der Waals surface area contributed by atoms with E-state index in [0.29, 0.717) is 10.7 Å². The minimum atomic E-state index is -0.134. The van der Waals surface area contributed by atoms with Gasteiger partial charge in [-0.05, 0) is 34.5 Å². The minimum Gasteiger partial charge on any atom is -0.304 e. The number of anilines is 1. The molecule has 4 nitrogen and oxygen atoms in total. The van der Waals surface area contributed by atoms with Crippen LogP contribution in [0, 0.1) is 0 Å². The summed E-state index contributed by atoms with van der Waals surface area (Å²) in [5, 5.41) is 9.58. The van der Waals surface area contributed by atoms with E-state index < -0.39 is 0 Å². The van der Waals surface area contributed by atoms with Crippen molar-refractivity contribution in [1.82, 2.24) is 10.2 Å². The summed E-state index contributed by atoms with van der Waals surface area (Å²) in [5.74, 6) is 0.427. The molecule has 0 bridgehead atoms. The highest BCUT2D eigenvalue weighted by molar-refractivity contribution is 9.11. The zero-order valence-corrected chi connectivity index (χ0v) is 11.0. The molecule has 0 spiro atoms. The van der Waals surface area contributed by atoms with Crippen molar-refractivity contribution in [3.63, 3.8) is 0 Å². The van der Waals surface area contributed by atoms with Crippen LogP contribution in [-0.2, 0) is 6.42 Å². The monoisotopic (exact) mass is 299 g/mol. The molecule has 2 rings (SSSR count). The standard InChI is InChI=1S/C10H10BrN3OS/c1-2-6-5-9(14-13-6)12-10(15)7-3-4-8(11)16-7/h3-5H,2H2,1H3,(H2,12,13,14,15). The fourth-order valence-electron chi connectivity index (χ4n) is 1.22. The van der Waals surface area contributed by atoms with Gasteiger partial charge in [-0.3, -0.25) is 9.89 Å². The van der Waals surface area contributed by atoms with E-state index in [1.54, 1.807) is 6.07 Å². The summed E-state index contributed by atoms with van der Waals surface area (Å²) >= 11 is 4.71. The molecule has 0 radical (unpaired) electrons. The molecule has 2 heterocycles. The third-order valence-corrected chi connectivity index (χ3v) is 3.67. The van der Waals surface area contributed by atoms with Crippen molar-refractivity contribution in [2.75, 3.05) is 5.32 Å². The second-order valence-electron chi connectivity index (χ2n) is 3.19. The number of hydrogen-bond donors (Lipinski definition) is 2. The van der Waals surface area contributed by atoms with Crippen LogP contribution >= 0.6 is 27.3 Å². The molecule has 16 heavy (non-hydrogen) atoms. The van der Waals surface area contributed by atoms with Gasteiger partial charge in [0.1, 0.15) is 0 Å². The molecule has 2 N–H and O–H groups in total. The maximum absolute atomic E-state index is 11.7. The number of carbonyl (C=O) groups excluding carboxylic acids is 1. The Morgan fingerprint density at radius 2 is 2.44 bits per heavy atom. The number of halogens is 1. The largest absolute Gasteiger partial charge is 0.304 e. The average molecular weight is 300 g/mol. The van der Waals surface area contributed by atoms with Crippen LogP contribution in [0.15, 0.2) is 22.0 Å². The number of thiophene rings is 1. The molecule has 0 saturated carbocycles. The first kappa shape index (κ1) is 11.3. The van der Waals surface area contributed by atoms with Crippen LogP contribution in [0.1, 0.15) is 22.3 Å². The number of aromatic nitrogens is 2. The second kappa shape index (κ2) is 4.80. The third kappa shape index (κ3) is 2.51. The summed E-state index contributed by atoms with van der Waals surface area (Å²) in [6.07, 6.45) is 0.868. The predicted octanol–water partition coefficient (Wildman–Crippen LogP) is 3.05. The SMILES string of the molecule is CCc1cc(NC(=O)c2ccc(Br)s2)n[nH]1. The number of hydrogen-bond acceptors (Lipinski definition) is 3. The van der Waals surface area contributed by atoms with Gasteiger partial charge in [-0.15, -0.1) is 11.3 Å². The first-order valence-electron chi connectivity index (χ1n) is 4.80. The van der Waals surface area contributed by atoms with Gasteiger partial charge in [-0.1, -0.05) is 6.92 Å². The summed E-state index contributed by atoms with van der Waals surface area (Å²) in [6.45, 7) is 2.02. The Bertz CT molecular complexity index is 506. The van der Waals surface area contributed by atoms with E-state index in [1.165, 1.54) is 11.3 Å². The van der Waals surface area contributed by atoms with Crippen LogP contribution in [-0.4, -0.2) is 16.1 Å². The number of nitrogens with one attached hydrogen (secondary N) is 2. The van der Waals surface area contributed by atoms with Gasteiger partial charge in [-0.25, -0.2) is 0 Å². The quantitative estimate of drug-likeness (QED) is 0.915. The van der Waals surface area contributed by atoms with Gasteiger partial charge in [0.25, 0.3) is 5.91 Å². The van der Waals surface area contributed by atoms with Crippen molar-refractivity contribution >= 4 is 39.0 Å². The molecule has 84 valence electrons. The lowest BCUT2D eigenvalue weighted by molar-refractivity contribution is 0.103. The van der Waals surface area contributed by atoms with E-state index in [-0.39, 0.29) is 5.91 Å². The fraction of sp³-hybridized carbons (Fsp3) is 0.200. The topological polar surface area (TPSA) is 57.8 Å². The van der Waals surface area contributed by atoms with E-state index in [9.17, 15) is 4.79 Å². The molecule has 2 aromatic heterocycles. The van der Waals surface area contributed by atoms with E-state index >= 15 is 0 Å². The summed E-state index contributed by atoms with van der Waals surface area (Å²) < 4.78 is 0.939. The normalized spacial score (nSPS) is 10.4. The van der Waals surface area contributed by atoms with Crippen molar-refractivity contribution in [2.24, 2.45) is 0 Å². The van der Waals surface area contributed by atoms with Crippen LogP contribution < -0.4 is 5.32 Å². The molecule has 0 aromatic carbocycles. The molecule has 2 aromatic rings. The molecule has 6 heteroatoms.